The predicted octanol–water partition coefficient (Wildman–Crippen LogP) is 3.07. The van der Waals surface area contributed by atoms with Crippen LogP contribution in [0.5, 0.6) is 0 Å². The molecule has 1 aliphatic heterocycles. The van der Waals surface area contributed by atoms with Crippen LogP contribution in [0.25, 0.3) is 0 Å². The fourth-order valence-electron chi connectivity index (χ4n) is 2.63. The average molecular weight is 320 g/mol. The van der Waals surface area contributed by atoms with Gasteiger partial charge in [0.2, 0.25) is 0 Å². The lowest BCUT2D eigenvalue weighted by atomic mass is 10.1. The van der Waals surface area contributed by atoms with Crippen molar-refractivity contribution in [2.45, 2.75) is 38.6 Å². The number of hydrogen-bond acceptors (Lipinski definition) is 3. The molecule has 120 valence electrons. The normalized spacial score (nSPS) is 16.1. The van der Waals surface area contributed by atoms with Gasteiger partial charge in [0.25, 0.3) is 0 Å². The molecule has 1 heterocycles. The number of carbonyl (C=O) groups is 2. The quantitative estimate of drug-likeness (QED) is 0.907. The Morgan fingerprint density at radius 1 is 1.18 bits per heavy atom. The number of piperidine rings is 1. The second-order valence-corrected chi connectivity index (χ2v) is 6.88. The van der Waals surface area contributed by atoms with E-state index in [1.54, 1.807) is 6.92 Å². The van der Waals surface area contributed by atoms with Crippen LogP contribution in [0.15, 0.2) is 30.3 Å². The molecule has 0 aliphatic carbocycles. The molecule has 1 unspecified atom stereocenters. The number of hydrogen-bond donors (Lipinski definition) is 1. The van der Waals surface area contributed by atoms with Crippen molar-refractivity contribution in [1.82, 2.24) is 10.2 Å². The van der Waals surface area contributed by atoms with Crippen LogP contribution in [-0.4, -0.2) is 40.9 Å². The standard InChI is InChI=1S/C17H24N2O2S/c1-14(20)22-13-16(12-15-8-4-2-5-9-15)18-17(21)19-10-6-3-7-11-19/h2,4-5,8-9,16H,3,6-7,10-13H2,1H3,(H,18,21). The van der Waals surface area contributed by atoms with Gasteiger partial charge in [0.15, 0.2) is 5.12 Å². The highest BCUT2D eigenvalue weighted by Gasteiger charge is 2.20. The second-order valence-electron chi connectivity index (χ2n) is 5.69. The van der Waals surface area contributed by atoms with Gasteiger partial charge in [-0.3, -0.25) is 4.79 Å². The molecule has 1 N–H and O–H groups in total. The zero-order valence-electron chi connectivity index (χ0n) is 13.1. The molecule has 0 bridgehead atoms. The first kappa shape index (κ1) is 16.9. The van der Waals surface area contributed by atoms with Crippen molar-refractivity contribution in [2.24, 2.45) is 0 Å². The van der Waals surface area contributed by atoms with Crippen molar-refractivity contribution in [2.75, 3.05) is 18.8 Å². The molecular formula is C17H24N2O2S. The Morgan fingerprint density at radius 3 is 2.50 bits per heavy atom. The highest BCUT2D eigenvalue weighted by atomic mass is 32.2. The van der Waals surface area contributed by atoms with E-state index in [0.717, 1.165) is 32.4 Å². The summed E-state index contributed by atoms with van der Waals surface area (Å²) in [4.78, 5) is 25.5. The van der Waals surface area contributed by atoms with Crippen molar-refractivity contribution in [3.8, 4) is 0 Å². The van der Waals surface area contributed by atoms with Gasteiger partial charge in [-0.15, -0.1) is 0 Å². The molecule has 1 fully saturated rings. The average Bonchev–Trinajstić information content (AvgIpc) is 2.54. The maximum absolute atomic E-state index is 12.4. The summed E-state index contributed by atoms with van der Waals surface area (Å²) in [5, 5.41) is 3.19. The smallest absolute Gasteiger partial charge is 0.317 e. The van der Waals surface area contributed by atoms with E-state index in [2.05, 4.69) is 17.4 Å². The van der Waals surface area contributed by atoms with E-state index < -0.39 is 0 Å². The molecule has 0 aromatic heterocycles. The second kappa shape index (κ2) is 8.83. The lowest BCUT2D eigenvalue weighted by molar-refractivity contribution is -0.109. The lowest BCUT2D eigenvalue weighted by Gasteiger charge is -2.29. The number of rotatable bonds is 5. The number of carbonyl (C=O) groups excluding carboxylic acids is 2. The predicted molar refractivity (Wildman–Crippen MR) is 91.0 cm³/mol. The van der Waals surface area contributed by atoms with Crippen LogP contribution >= 0.6 is 11.8 Å². The first-order valence-corrected chi connectivity index (χ1v) is 8.86. The molecule has 1 aromatic rings. The van der Waals surface area contributed by atoms with Gasteiger partial charge in [0.1, 0.15) is 0 Å². The van der Waals surface area contributed by atoms with Crippen LogP contribution in [-0.2, 0) is 11.2 Å². The molecule has 1 aliphatic rings. The molecule has 0 radical (unpaired) electrons. The molecular weight excluding hydrogens is 296 g/mol. The van der Waals surface area contributed by atoms with E-state index in [1.165, 1.54) is 23.7 Å². The largest absolute Gasteiger partial charge is 0.334 e. The number of thioether (sulfide) groups is 1. The first-order valence-electron chi connectivity index (χ1n) is 7.88. The minimum absolute atomic E-state index is 0.00443. The van der Waals surface area contributed by atoms with Crippen LogP contribution in [0.1, 0.15) is 31.7 Å². The zero-order valence-corrected chi connectivity index (χ0v) is 13.9. The van der Waals surface area contributed by atoms with Crippen LogP contribution in [0.3, 0.4) is 0 Å². The molecule has 1 saturated heterocycles. The molecule has 0 saturated carbocycles. The van der Waals surface area contributed by atoms with Crippen molar-refractivity contribution in [1.29, 1.82) is 0 Å². The van der Waals surface area contributed by atoms with E-state index >= 15 is 0 Å². The Labute approximate surface area is 136 Å². The number of nitrogens with one attached hydrogen (secondary N) is 1. The van der Waals surface area contributed by atoms with E-state index in [-0.39, 0.29) is 17.2 Å². The van der Waals surface area contributed by atoms with Gasteiger partial charge in [-0.2, -0.15) is 0 Å². The fraction of sp³-hybridized carbons (Fsp3) is 0.529. The molecule has 4 nitrogen and oxygen atoms in total. The Hall–Kier alpha value is -1.49. The third-order valence-electron chi connectivity index (χ3n) is 3.78. The van der Waals surface area contributed by atoms with Gasteiger partial charge in [-0.05, 0) is 31.2 Å². The van der Waals surface area contributed by atoms with E-state index in [0.29, 0.717) is 5.75 Å². The highest BCUT2D eigenvalue weighted by Crippen LogP contribution is 2.12. The Morgan fingerprint density at radius 2 is 1.86 bits per heavy atom. The van der Waals surface area contributed by atoms with Gasteiger partial charge in [-0.1, -0.05) is 42.1 Å². The number of urea groups is 1. The van der Waals surface area contributed by atoms with Crippen molar-refractivity contribution in [3.63, 3.8) is 0 Å². The molecule has 0 spiro atoms. The van der Waals surface area contributed by atoms with Gasteiger partial charge >= 0.3 is 6.03 Å². The molecule has 22 heavy (non-hydrogen) atoms. The minimum Gasteiger partial charge on any atom is -0.334 e. The van der Waals surface area contributed by atoms with Crippen LogP contribution in [0.4, 0.5) is 4.79 Å². The summed E-state index contributed by atoms with van der Waals surface area (Å²) in [6.45, 7) is 3.24. The summed E-state index contributed by atoms with van der Waals surface area (Å²) < 4.78 is 0. The van der Waals surface area contributed by atoms with Crippen molar-refractivity contribution < 1.29 is 9.59 Å². The minimum atomic E-state index is -0.0225. The molecule has 1 aromatic carbocycles. The monoisotopic (exact) mass is 320 g/mol. The summed E-state index contributed by atoms with van der Waals surface area (Å²) in [5.41, 5.74) is 1.18. The van der Waals surface area contributed by atoms with Gasteiger partial charge < -0.3 is 10.2 Å². The van der Waals surface area contributed by atoms with Crippen LogP contribution < -0.4 is 5.32 Å². The van der Waals surface area contributed by atoms with Gasteiger partial charge in [0.05, 0.1) is 0 Å². The molecule has 5 heteroatoms. The number of benzene rings is 1. The van der Waals surface area contributed by atoms with E-state index in [1.807, 2.05) is 23.1 Å². The highest BCUT2D eigenvalue weighted by molar-refractivity contribution is 8.13. The van der Waals surface area contributed by atoms with E-state index in [9.17, 15) is 9.59 Å². The van der Waals surface area contributed by atoms with Crippen LogP contribution in [0.2, 0.25) is 0 Å². The summed E-state index contributed by atoms with van der Waals surface area (Å²) in [6, 6.07) is 10.1. The zero-order chi connectivity index (χ0) is 15.8. The summed E-state index contributed by atoms with van der Waals surface area (Å²) in [6.07, 6.45) is 4.12. The first-order chi connectivity index (χ1) is 10.6. The topological polar surface area (TPSA) is 49.4 Å². The maximum Gasteiger partial charge on any atom is 0.317 e. The van der Waals surface area contributed by atoms with Crippen LogP contribution in [0, 0.1) is 0 Å². The van der Waals surface area contributed by atoms with Crippen molar-refractivity contribution >= 4 is 22.9 Å². The Bertz CT molecular complexity index is 487. The lowest BCUT2D eigenvalue weighted by Crippen LogP contribution is -2.48. The summed E-state index contributed by atoms with van der Waals surface area (Å²) in [5.74, 6) is 0.615. The Balaban J connectivity index is 1.93. The third-order valence-corrected chi connectivity index (χ3v) is 4.76. The molecule has 2 rings (SSSR count). The Kier molecular flexibility index (Phi) is 6.77. The van der Waals surface area contributed by atoms with Gasteiger partial charge in [0, 0.05) is 31.8 Å². The van der Waals surface area contributed by atoms with Crippen molar-refractivity contribution in [3.05, 3.63) is 35.9 Å². The third kappa shape index (κ3) is 5.72. The molecule has 1 atom stereocenters. The van der Waals surface area contributed by atoms with E-state index in [4.69, 9.17) is 0 Å². The number of likely N-dealkylation sites (tertiary alicyclic amines) is 1. The number of amides is 2. The summed E-state index contributed by atoms with van der Waals surface area (Å²) in [7, 11) is 0. The molecule has 2 amide bonds. The SMILES string of the molecule is CC(=O)SCC(Cc1ccccc1)NC(=O)N1CCCCC1. The fourth-order valence-corrected chi connectivity index (χ4v) is 3.27. The number of nitrogens with zero attached hydrogens (tertiary/aromatic N) is 1. The van der Waals surface area contributed by atoms with Gasteiger partial charge in [-0.25, -0.2) is 4.79 Å². The summed E-state index contributed by atoms with van der Waals surface area (Å²) >= 11 is 1.28. The maximum atomic E-state index is 12.4.